The van der Waals surface area contributed by atoms with E-state index in [0.29, 0.717) is 18.4 Å². The summed E-state index contributed by atoms with van der Waals surface area (Å²) in [6.07, 6.45) is 3.63. The number of pyridine rings is 1. The number of nitrogens with one attached hydrogen (secondary N) is 1. The molecule has 2 aromatic heterocycles. The molecule has 0 fully saturated rings. The average Bonchev–Trinajstić information content (AvgIpc) is 3.17. The molecule has 0 aliphatic heterocycles. The lowest BCUT2D eigenvalue weighted by Crippen LogP contribution is -2.00. The Bertz CT molecular complexity index is 934. The molecular weight excluding hydrogens is 312 g/mol. The normalized spacial score (nSPS) is 10.6. The van der Waals surface area contributed by atoms with Gasteiger partial charge in [0.1, 0.15) is 0 Å². The lowest BCUT2D eigenvalue weighted by Gasteiger charge is -2.04. The quantitative estimate of drug-likeness (QED) is 0.588. The molecule has 2 aromatic carbocycles. The summed E-state index contributed by atoms with van der Waals surface area (Å²) in [6, 6.07) is 22.0. The summed E-state index contributed by atoms with van der Waals surface area (Å²) in [5.41, 5.74) is 4.29. The fourth-order valence-electron chi connectivity index (χ4n) is 2.52. The maximum Gasteiger partial charge on any atom is 0.264 e. The average molecular weight is 328 g/mol. The van der Waals surface area contributed by atoms with E-state index >= 15 is 0 Å². The number of nitrogens with zero attached hydrogens (tertiary/aromatic N) is 3. The van der Waals surface area contributed by atoms with Crippen molar-refractivity contribution < 1.29 is 4.52 Å². The predicted octanol–water partition coefficient (Wildman–Crippen LogP) is 4.41. The molecule has 0 amide bonds. The van der Waals surface area contributed by atoms with Crippen molar-refractivity contribution in [1.29, 1.82) is 0 Å². The molecule has 0 aliphatic carbocycles. The van der Waals surface area contributed by atoms with Gasteiger partial charge in [0.2, 0.25) is 0 Å². The monoisotopic (exact) mass is 328 g/mol. The van der Waals surface area contributed by atoms with Gasteiger partial charge in [-0.25, -0.2) is 0 Å². The van der Waals surface area contributed by atoms with Crippen molar-refractivity contribution >= 4 is 5.95 Å². The number of benzene rings is 2. The highest BCUT2D eigenvalue weighted by Gasteiger charge is 2.07. The van der Waals surface area contributed by atoms with Crippen LogP contribution in [0.3, 0.4) is 0 Å². The first-order valence-electron chi connectivity index (χ1n) is 8.01. The van der Waals surface area contributed by atoms with Gasteiger partial charge in [-0.2, -0.15) is 4.98 Å². The third kappa shape index (κ3) is 3.55. The van der Waals surface area contributed by atoms with Gasteiger partial charge in [0.05, 0.1) is 0 Å². The van der Waals surface area contributed by atoms with Crippen molar-refractivity contribution in [2.45, 2.75) is 6.54 Å². The van der Waals surface area contributed by atoms with Crippen LogP contribution in [0.15, 0.2) is 83.6 Å². The van der Waals surface area contributed by atoms with Crippen molar-refractivity contribution in [2.24, 2.45) is 0 Å². The van der Waals surface area contributed by atoms with E-state index in [1.54, 1.807) is 6.20 Å². The van der Waals surface area contributed by atoms with Gasteiger partial charge >= 0.3 is 0 Å². The molecule has 5 nitrogen and oxygen atoms in total. The summed E-state index contributed by atoms with van der Waals surface area (Å²) >= 11 is 0. The Labute approximate surface area is 145 Å². The van der Waals surface area contributed by atoms with Crippen molar-refractivity contribution in [2.75, 3.05) is 5.32 Å². The van der Waals surface area contributed by atoms with Gasteiger partial charge in [-0.1, -0.05) is 48.5 Å². The van der Waals surface area contributed by atoms with Crippen molar-refractivity contribution in [1.82, 2.24) is 15.1 Å². The Balaban J connectivity index is 1.41. The Kier molecular flexibility index (Phi) is 4.20. The molecule has 0 spiro atoms. The molecule has 4 rings (SSSR count). The molecular formula is C20H16N4O. The van der Waals surface area contributed by atoms with Gasteiger partial charge in [-0.15, -0.1) is 0 Å². The molecule has 0 bridgehead atoms. The second-order valence-corrected chi connectivity index (χ2v) is 5.58. The number of hydrogen-bond acceptors (Lipinski definition) is 5. The van der Waals surface area contributed by atoms with Crippen molar-refractivity contribution in [3.63, 3.8) is 0 Å². The minimum absolute atomic E-state index is 0.482. The lowest BCUT2D eigenvalue weighted by atomic mass is 10.1. The SMILES string of the molecule is c1ccc(-c2nc(NCc3ccc(-c4cccnc4)cc3)no2)cc1. The molecule has 0 atom stereocenters. The Hall–Kier alpha value is -3.47. The molecule has 122 valence electrons. The number of rotatable bonds is 5. The topological polar surface area (TPSA) is 63.8 Å². The first kappa shape index (κ1) is 15.1. The molecule has 5 heteroatoms. The van der Waals surface area contributed by atoms with Gasteiger partial charge in [-0.3, -0.25) is 4.98 Å². The fraction of sp³-hybridized carbons (Fsp3) is 0.0500. The van der Waals surface area contributed by atoms with Gasteiger partial charge in [0.25, 0.3) is 11.8 Å². The molecule has 4 aromatic rings. The van der Waals surface area contributed by atoms with Crippen LogP contribution in [0, 0.1) is 0 Å². The molecule has 0 saturated carbocycles. The van der Waals surface area contributed by atoms with Gasteiger partial charge in [0.15, 0.2) is 0 Å². The maximum atomic E-state index is 5.29. The Morgan fingerprint density at radius 2 is 1.60 bits per heavy atom. The van der Waals surface area contributed by atoms with Crippen LogP contribution in [0.25, 0.3) is 22.6 Å². The Morgan fingerprint density at radius 3 is 2.36 bits per heavy atom. The van der Waals surface area contributed by atoms with Crippen LogP contribution in [0.2, 0.25) is 0 Å². The zero-order valence-corrected chi connectivity index (χ0v) is 13.5. The van der Waals surface area contributed by atoms with Gasteiger partial charge < -0.3 is 9.84 Å². The zero-order chi connectivity index (χ0) is 16.9. The number of anilines is 1. The molecule has 0 aliphatic rings. The third-order valence-corrected chi connectivity index (χ3v) is 3.85. The second-order valence-electron chi connectivity index (χ2n) is 5.58. The summed E-state index contributed by atoms with van der Waals surface area (Å²) in [5.74, 6) is 0.991. The highest BCUT2D eigenvalue weighted by Crippen LogP contribution is 2.20. The zero-order valence-electron chi connectivity index (χ0n) is 13.5. The van der Waals surface area contributed by atoms with Crippen LogP contribution >= 0.6 is 0 Å². The van der Waals surface area contributed by atoms with E-state index in [0.717, 1.165) is 22.3 Å². The minimum atomic E-state index is 0.482. The second kappa shape index (κ2) is 6.97. The summed E-state index contributed by atoms with van der Waals surface area (Å²) in [7, 11) is 0. The van der Waals surface area contributed by atoms with E-state index in [2.05, 4.69) is 44.7 Å². The van der Waals surface area contributed by atoms with Gasteiger partial charge in [-0.05, 0) is 40.0 Å². The molecule has 25 heavy (non-hydrogen) atoms. The number of aromatic nitrogens is 3. The van der Waals surface area contributed by atoms with E-state index < -0.39 is 0 Å². The lowest BCUT2D eigenvalue weighted by molar-refractivity contribution is 0.432. The van der Waals surface area contributed by atoms with Gasteiger partial charge in [0, 0.05) is 24.5 Å². The summed E-state index contributed by atoms with van der Waals surface area (Å²) < 4.78 is 5.29. The Morgan fingerprint density at radius 1 is 0.800 bits per heavy atom. The van der Waals surface area contributed by atoms with Crippen LogP contribution in [0.4, 0.5) is 5.95 Å². The molecule has 1 N–H and O–H groups in total. The minimum Gasteiger partial charge on any atom is -0.347 e. The van der Waals surface area contributed by atoms with E-state index in [-0.39, 0.29) is 0 Å². The molecule has 0 saturated heterocycles. The fourth-order valence-corrected chi connectivity index (χ4v) is 2.52. The summed E-state index contributed by atoms with van der Waals surface area (Å²) in [4.78, 5) is 8.51. The highest BCUT2D eigenvalue weighted by atomic mass is 16.5. The standard InChI is InChI=1S/C20H16N4O/c1-2-5-17(6-3-1)19-23-20(24-25-19)22-13-15-8-10-16(11-9-15)18-7-4-12-21-14-18/h1-12,14H,13H2,(H,22,24). The van der Waals surface area contributed by atoms with Crippen LogP contribution < -0.4 is 5.32 Å². The van der Waals surface area contributed by atoms with Crippen molar-refractivity contribution in [3.05, 3.63) is 84.7 Å². The van der Waals surface area contributed by atoms with Crippen molar-refractivity contribution in [3.8, 4) is 22.6 Å². The first-order valence-corrected chi connectivity index (χ1v) is 8.01. The van der Waals surface area contributed by atoms with E-state index in [4.69, 9.17) is 4.52 Å². The number of hydrogen-bond donors (Lipinski definition) is 1. The van der Waals surface area contributed by atoms with Crippen LogP contribution in [0.5, 0.6) is 0 Å². The van der Waals surface area contributed by atoms with E-state index in [1.165, 1.54) is 0 Å². The highest BCUT2D eigenvalue weighted by molar-refractivity contribution is 5.62. The van der Waals surface area contributed by atoms with Crippen LogP contribution in [-0.2, 0) is 6.54 Å². The third-order valence-electron chi connectivity index (χ3n) is 3.85. The molecule has 0 radical (unpaired) electrons. The van der Waals surface area contributed by atoms with Crippen LogP contribution in [-0.4, -0.2) is 15.1 Å². The molecule has 0 unspecified atom stereocenters. The first-order chi connectivity index (χ1) is 12.4. The van der Waals surface area contributed by atoms with Crippen LogP contribution in [0.1, 0.15) is 5.56 Å². The van der Waals surface area contributed by atoms with E-state index in [9.17, 15) is 0 Å². The largest absolute Gasteiger partial charge is 0.347 e. The van der Waals surface area contributed by atoms with E-state index in [1.807, 2.05) is 48.7 Å². The predicted molar refractivity (Wildman–Crippen MR) is 96.7 cm³/mol. The molecule has 2 heterocycles. The summed E-state index contributed by atoms with van der Waals surface area (Å²) in [5, 5.41) is 7.15. The smallest absolute Gasteiger partial charge is 0.264 e. The maximum absolute atomic E-state index is 5.29. The summed E-state index contributed by atoms with van der Waals surface area (Å²) in [6.45, 7) is 0.626.